The molecule has 6 nitrogen and oxygen atoms in total. The number of nitrogens with zero attached hydrogens (tertiary/aromatic N) is 3. The Kier molecular flexibility index (Phi) is 5.63. The number of rotatable bonds is 5. The van der Waals surface area contributed by atoms with Crippen LogP contribution in [-0.4, -0.2) is 33.7 Å². The molecule has 1 fully saturated rings. The number of benzene rings is 1. The highest BCUT2D eigenvalue weighted by Crippen LogP contribution is 2.39. The van der Waals surface area contributed by atoms with Gasteiger partial charge in [0.25, 0.3) is 0 Å². The van der Waals surface area contributed by atoms with Crippen molar-refractivity contribution in [2.45, 2.75) is 32.2 Å². The molecule has 1 aliphatic rings. The molecule has 0 unspecified atom stereocenters. The Balaban J connectivity index is 1.61. The third-order valence-electron chi connectivity index (χ3n) is 5.40. The summed E-state index contributed by atoms with van der Waals surface area (Å²) in [5.74, 6) is -0.440. The monoisotopic (exact) mass is 420 g/mol. The Morgan fingerprint density at radius 1 is 1.20 bits per heavy atom. The molecule has 0 saturated carbocycles. The summed E-state index contributed by atoms with van der Waals surface area (Å²) in [6.45, 7) is 4.24. The van der Waals surface area contributed by atoms with Gasteiger partial charge in [-0.15, -0.1) is 11.3 Å². The van der Waals surface area contributed by atoms with Crippen molar-refractivity contribution < 1.29 is 9.59 Å². The number of thiazole rings is 1. The Hall–Kier alpha value is -3.06. The summed E-state index contributed by atoms with van der Waals surface area (Å²) in [6, 6.07) is 13.4. The molecule has 2 atom stereocenters. The molecular weight excluding hydrogens is 396 g/mol. The molecule has 0 spiro atoms. The molecule has 1 aliphatic heterocycles. The summed E-state index contributed by atoms with van der Waals surface area (Å²) in [5.41, 5.74) is 2.79. The molecule has 1 N–H and O–H groups in total. The molecule has 3 aromatic rings. The predicted octanol–water partition coefficient (Wildman–Crippen LogP) is 4.49. The van der Waals surface area contributed by atoms with E-state index in [1.54, 1.807) is 24.3 Å². The van der Waals surface area contributed by atoms with Crippen LogP contribution in [-0.2, 0) is 9.59 Å². The van der Waals surface area contributed by atoms with Gasteiger partial charge in [-0.05, 0) is 17.5 Å². The molecule has 0 aliphatic carbocycles. The highest BCUT2D eigenvalue weighted by Gasteiger charge is 2.43. The molecular formula is C23H24N4O2S. The average molecular weight is 421 g/mol. The lowest BCUT2D eigenvalue weighted by atomic mass is 9.94. The van der Waals surface area contributed by atoms with Crippen molar-refractivity contribution in [2.75, 3.05) is 12.4 Å². The van der Waals surface area contributed by atoms with Crippen LogP contribution in [0.1, 0.15) is 42.7 Å². The maximum Gasteiger partial charge on any atom is 0.232 e. The third-order valence-corrected chi connectivity index (χ3v) is 6.68. The van der Waals surface area contributed by atoms with E-state index in [1.165, 1.54) is 11.3 Å². The van der Waals surface area contributed by atoms with Crippen molar-refractivity contribution in [3.8, 4) is 11.3 Å². The van der Waals surface area contributed by atoms with Crippen LogP contribution in [0.4, 0.5) is 5.13 Å². The molecule has 1 aromatic carbocycles. The lowest BCUT2D eigenvalue weighted by molar-refractivity contribution is -0.127. The normalized spacial score (nSPS) is 18.8. The topological polar surface area (TPSA) is 75.2 Å². The first-order chi connectivity index (χ1) is 14.5. The summed E-state index contributed by atoms with van der Waals surface area (Å²) >= 11 is 1.49. The van der Waals surface area contributed by atoms with Crippen molar-refractivity contribution in [3.05, 3.63) is 65.3 Å². The van der Waals surface area contributed by atoms with Gasteiger partial charge in [0.15, 0.2) is 5.13 Å². The minimum absolute atomic E-state index is 0.0454. The average Bonchev–Trinajstić information content (AvgIpc) is 3.31. The zero-order valence-corrected chi connectivity index (χ0v) is 18.0. The molecule has 30 heavy (non-hydrogen) atoms. The van der Waals surface area contributed by atoms with Gasteiger partial charge in [0, 0.05) is 36.3 Å². The molecule has 2 amide bonds. The van der Waals surface area contributed by atoms with E-state index in [9.17, 15) is 9.59 Å². The first kappa shape index (κ1) is 20.2. The molecule has 7 heteroatoms. The number of hydrogen-bond donors (Lipinski definition) is 1. The first-order valence-electron chi connectivity index (χ1n) is 9.98. The van der Waals surface area contributed by atoms with E-state index in [0.29, 0.717) is 5.13 Å². The van der Waals surface area contributed by atoms with Crippen LogP contribution < -0.4 is 5.32 Å². The number of carbonyl (C=O) groups is 2. The minimum Gasteiger partial charge on any atom is -0.338 e. The van der Waals surface area contributed by atoms with E-state index >= 15 is 0 Å². The smallest absolute Gasteiger partial charge is 0.232 e. The number of anilines is 1. The second kappa shape index (κ2) is 8.36. The molecule has 1 saturated heterocycles. The van der Waals surface area contributed by atoms with Gasteiger partial charge in [-0.2, -0.15) is 0 Å². The lowest BCUT2D eigenvalue weighted by Crippen LogP contribution is -2.30. The lowest BCUT2D eigenvalue weighted by Gasteiger charge is -2.24. The van der Waals surface area contributed by atoms with Crippen LogP contribution in [0.5, 0.6) is 0 Å². The van der Waals surface area contributed by atoms with E-state index in [-0.39, 0.29) is 30.2 Å². The van der Waals surface area contributed by atoms with Crippen LogP contribution in [0.15, 0.2) is 54.9 Å². The summed E-state index contributed by atoms with van der Waals surface area (Å²) < 4.78 is 0. The molecule has 4 rings (SSSR count). The Bertz CT molecular complexity index is 1050. The van der Waals surface area contributed by atoms with E-state index in [0.717, 1.165) is 21.7 Å². The second-order valence-electron chi connectivity index (χ2n) is 7.79. The van der Waals surface area contributed by atoms with Crippen LogP contribution in [0.25, 0.3) is 11.3 Å². The quantitative estimate of drug-likeness (QED) is 0.660. The maximum atomic E-state index is 13.2. The second-order valence-corrected chi connectivity index (χ2v) is 8.82. The SMILES string of the molecule is CC(C)c1sc(NC(=O)[C@@H]2CC(=O)N(C)[C@@H]2c2cccnc2)nc1-c1ccccc1. The fourth-order valence-corrected chi connectivity index (χ4v) is 4.88. The fraction of sp³-hybridized carbons (Fsp3) is 0.304. The summed E-state index contributed by atoms with van der Waals surface area (Å²) in [4.78, 5) is 37.2. The molecule has 154 valence electrons. The Morgan fingerprint density at radius 3 is 2.63 bits per heavy atom. The van der Waals surface area contributed by atoms with Crippen molar-refractivity contribution in [3.63, 3.8) is 0 Å². The number of carbonyl (C=O) groups excluding carboxylic acids is 2. The van der Waals surface area contributed by atoms with Gasteiger partial charge < -0.3 is 10.2 Å². The summed E-state index contributed by atoms with van der Waals surface area (Å²) in [6.07, 6.45) is 3.58. The van der Waals surface area contributed by atoms with Gasteiger partial charge >= 0.3 is 0 Å². The molecule has 0 radical (unpaired) electrons. The van der Waals surface area contributed by atoms with Crippen LogP contribution in [0, 0.1) is 5.92 Å². The zero-order chi connectivity index (χ0) is 21.3. The van der Waals surface area contributed by atoms with E-state index in [1.807, 2.05) is 42.5 Å². The predicted molar refractivity (Wildman–Crippen MR) is 118 cm³/mol. The molecule has 2 aromatic heterocycles. The number of nitrogens with one attached hydrogen (secondary N) is 1. The molecule has 0 bridgehead atoms. The molecule has 3 heterocycles. The Labute approximate surface area is 180 Å². The Morgan fingerprint density at radius 2 is 1.97 bits per heavy atom. The van der Waals surface area contributed by atoms with Crippen LogP contribution in [0.2, 0.25) is 0 Å². The number of pyridine rings is 1. The number of amides is 2. The maximum absolute atomic E-state index is 13.2. The van der Waals surface area contributed by atoms with Gasteiger partial charge in [0.2, 0.25) is 11.8 Å². The van der Waals surface area contributed by atoms with Crippen molar-refractivity contribution in [1.82, 2.24) is 14.9 Å². The highest BCUT2D eigenvalue weighted by molar-refractivity contribution is 7.16. The fourth-order valence-electron chi connectivity index (χ4n) is 3.89. The van der Waals surface area contributed by atoms with Gasteiger partial charge in [-0.3, -0.25) is 14.6 Å². The van der Waals surface area contributed by atoms with Gasteiger partial charge in [0.05, 0.1) is 17.7 Å². The van der Waals surface area contributed by atoms with Crippen molar-refractivity contribution >= 4 is 28.3 Å². The highest BCUT2D eigenvalue weighted by atomic mass is 32.1. The van der Waals surface area contributed by atoms with Crippen LogP contribution in [0.3, 0.4) is 0 Å². The minimum atomic E-state index is -0.488. The third kappa shape index (κ3) is 3.85. The van der Waals surface area contributed by atoms with Gasteiger partial charge in [-0.25, -0.2) is 4.98 Å². The van der Waals surface area contributed by atoms with Gasteiger partial charge in [0.1, 0.15) is 0 Å². The first-order valence-corrected chi connectivity index (χ1v) is 10.8. The summed E-state index contributed by atoms with van der Waals surface area (Å²) in [7, 11) is 1.74. The largest absolute Gasteiger partial charge is 0.338 e. The van der Waals surface area contributed by atoms with Crippen molar-refractivity contribution in [1.29, 1.82) is 0 Å². The number of likely N-dealkylation sites (tertiary alicyclic amines) is 1. The number of aromatic nitrogens is 2. The van der Waals surface area contributed by atoms with Gasteiger partial charge in [-0.1, -0.05) is 50.2 Å². The number of hydrogen-bond acceptors (Lipinski definition) is 5. The summed E-state index contributed by atoms with van der Waals surface area (Å²) in [5, 5.41) is 3.54. The standard InChI is InChI=1S/C23H24N4O2S/c1-14(2)21-19(15-8-5-4-6-9-15)25-23(30-21)26-22(29)17-12-18(28)27(3)20(17)16-10-7-11-24-13-16/h4-11,13-14,17,20H,12H2,1-3H3,(H,25,26,29)/t17-,20-/m1/s1. The van der Waals surface area contributed by atoms with E-state index in [2.05, 4.69) is 24.1 Å². The van der Waals surface area contributed by atoms with E-state index in [4.69, 9.17) is 4.98 Å². The van der Waals surface area contributed by atoms with E-state index < -0.39 is 5.92 Å². The van der Waals surface area contributed by atoms with Crippen molar-refractivity contribution in [2.24, 2.45) is 5.92 Å². The van der Waals surface area contributed by atoms with Crippen LogP contribution >= 0.6 is 11.3 Å². The zero-order valence-electron chi connectivity index (χ0n) is 17.2.